The van der Waals surface area contributed by atoms with E-state index in [9.17, 15) is 9.90 Å². The lowest BCUT2D eigenvalue weighted by atomic mass is 9.92. The minimum atomic E-state index is -1.10. The smallest absolute Gasteiger partial charge is 0.223 e. The Balaban J connectivity index is 1.87. The van der Waals surface area contributed by atoms with Crippen LogP contribution < -0.4 is 5.32 Å². The lowest BCUT2D eigenvalue weighted by molar-refractivity contribution is -0.126. The number of benzene rings is 1. The molecule has 1 aromatic rings. The maximum atomic E-state index is 12.0. The van der Waals surface area contributed by atoms with Crippen molar-refractivity contribution < 1.29 is 9.90 Å². The molecule has 0 radical (unpaired) electrons. The third-order valence-electron chi connectivity index (χ3n) is 4.27. The summed E-state index contributed by atoms with van der Waals surface area (Å²) in [5.74, 6) is -0.0754. The number of rotatable bonds is 6. The molecule has 1 aliphatic carbocycles. The minimum Gasteiger partial charge on any atom is -0.385 e. The molecule has 2 N–H and O–H groups in total. The Morgan fingerprint density at radius 2 is 2.00 bits per heavy atom. The van der Waals surface area contributed by atoms with E-state index in [4.69, 9.17) is 0 Å². The first-order chi connectivity index (χ1) is 8.97. The molecular weight excluding hydrogens is 238 g/mol. The SMILES string of the molecule is CCC1(CNC(=O)CC(C)(O)c2ccccc2)CC1. The number of carbonyl (C=O) groups excluding carboxylic acids is 1. The van der Waals surface area contributed by atoms with E-state index in [1.165, 1.54) is 12.8 Å². The third-order valence-corrected chi connectivity index (χ3v) is 4.27. The van der Waals surface area contributed by atoms with Gasteiger partial charge in [-0.1, -0.05) is 37.3 Å². The van der Waals surface area contributed by atoms with E-state index in [1.807, 2.05) is 30.3 Å². The van der Waals surface area contributed by atoms with Gasteiger partial charge in [0.05, 0.1) is 12.0 Å². The first-order valence-corrected chi connectivity index (χ1v) is 7.02. The molecule has 1 aliphatic rings. The second kappa shape index (κ2) is 5.33. The Bertz CT molecular complexity index is 435. The first kappa shape index (κ1) is 14.1. The van der Waals surface area contributed by atoms with Crippen molar-refractivity contribution in [2.24, 2.45) is 5.41 Å². The van der Waals surface area contributed by atoms with Crippen LogP contribution in [0.1, 0.15) is 45.1 Å². The van der Waals surface area contributed by atoms with Gasteiger partial charge < -0.3 is 10.4 Å². The number of aliphatic hydroxyl groups is 1. The molecule has 0 spiro atoms. The highest BCUT2D eigenvalue weighted by atomic mass is 16.3. The van der Waals surface area contributed by atoms with Crippen LogP contribution >= 0.6 is 0 Å². The summed E-state index contributed by atoms with van der Waals surface area (Å²) in [7, 11) is 0. The summed E-state index contributed by atoms with van der Waals surface area (Å²) in [6.45, 7) is 4.60. The summed E-state index contributed by atoms with van der Waals surface area (Å²) in [5, 5.41) is 13.4. The van der Waals surface area contributed by atoms with Crippen molar-refractivity contribution >= 4 is 5.91 Å². The van der Waals surface area contributed by atoms with Crippen molar-refractivity contribution in [2.75, 3.05) is 6.54 Å². The molecule has 0 bridgehead atoms. The molecule has 19 heavy (non-hydrogen) atoms. The maximum Gasteiger partial charge on any atom is 0.223 e. The molecule has 0 saturated heterocycles. The summed E-state index contributed by atoms with van der Waals surface area (Å²) in [5.41, 5.74) is 0.0181. The number of carbonyl (C=O) groups is 1. The standard InChI is InChI=1S/C16H23NO2/c1-3-16(9-10-16)12-17-14(18)11-15(2,19)13-7-5-4-6-8-13/h4-8,19H,3,9-12H2,1-2H3,(H,17,18). The second-order valence-electron chi connectivity index (χ2n) is 5.95. The average Bonchev–Trinajstić information content (AvgIpc) is 3.18. The summed E-state index contributed by atoms with van der Waals surface area (Å²) >= 11 is 0. The minimum absolute atomic E-state index is 0.0754. The van der Waals surface area contributed by atoms with Crippen LogP contribution in [0.3, 0.4) is 0 Å². The van der Waals surface area contributed by atoms with Crippen LogP contribution in [0.15, 0.2) is 30.3 Å². The largest absolute Gasteiger partial charge is 0.385 e. The molecule has 104 valence electrons. The average molecular weight is 261 g/mol. The Labute approximate surface area is 115 Å². The Morgan fingerprint density at radius 1 is 1.37 bits per heavy atom. The normalized spacial score (nSPS) is 19.5. The highest BCUT2D eigenvalue weighted by Crippen LogP contribution is 2.47. The van der Waals surface area contributed by atoms with E-state index in [1.54, 1.807) is 6.92 Å². The summed E-state index contributed by atoms with van der Waals surface area (Å²) < 4.78 is 0. The molecule has 1 amide bonds. The fourth-order valence-electron chi connectivity index (χ4n) is 2.39. The summed E-state index contributed by atoms with van der Waals surface area (Å²) in [6, 6.07) is 9.34. The van der Waals surface area contributed by atoms with Gasteiger partial charge in [0.25, 0.3) is 0 Å². The third kappa shape index (κ3) is 3.57. The van der Waals surface area contributed by atoms with Crippen LogP contribution in [0.2, 0.25) is 0 Å². The molecule has 1 saturated carbocycles. The molecule has 1 fully saturated rings. The van der Waals surface area contributed by atoms with Gasteiger partial charge in [-0.2, -0.15) is 0 Å². The van der Waals surface area contributed by atoms with E-state index < -0.39 is 5.60 Å². The van der Waals surface area contributed by atoms with Gasteiger partial charge in [-0.15, -0.1) is 0 Å². The maximum absolute atomic E-state index is 12.0. The number of amides is 1. The van der Waals surface area contributed by atoms with E-state index in [0.717, 1.165) is 18.5 Å². The van der Waals surface area contributed by atoms with E-state index in [0.29, 0.717) is 5.41 Å². The Hall–Kier alpha value is -1.35. The van der Waals surface area contributed by atoms with Gasteiger partial charge in [-0.05, 0) is 37.2 Å². The molecule has 0 heterocycles. The van der Waals surface area contributed by atoms with Gasteiger partial charge in [0.15, 0.2) is 0 Å². The van der Waals surface area contributed by atoms with Gasteiger partial charge in [0, 0.05) is 6.54 Å². The first-order valence-electron chi connectivity index (χ1n) is 7.02. The molecule has 1 unspecified atom stereocenters. The molecule has 0 aromatic heterocycles. The van der Waals surface area contributed by atoms with Crippen molar-refractivity contribution in [1.82, 2.24) is 5.32 Å². The van der Waals surface area contributed by atoms with Crippen LogP contribution in [0.5, 0.6) is 0 Å². The highest BCUT2D eigenvalue weighted by molar-refractivity contribution is 5.77. The topological polar surface area (TPSA) is 49.3 Å². The molecule has 1 atom stereocenters. The summed E-state index contributed by atoms with van der Waals surface area (Å²) in [4.78, 5) is 12.0. The molecule has 3 nitrogen and oxygen atoms in total. The zero-order valence-electron chi connectivity index (χ0n) is 11.8. The molecular formula is C16H23NO2. The van der Waals surface area contributed by atoms with Crippen LogP contribution in [-0.4, -0.2) is 17.6 Å². The predicted molar refractivity (Wildman–Crippen MR) is 75.6 cm³/mol. The molecule has 1 aromatic carbocycles. The number of hydrogen-bond acceptors (Lipinski definition) is 2. The van der Waals surface area contributed by atoms with Crippen LogP contribution in [0.25, 0.3) is 0 Å². The van der Waals surface area contributed by atoms with Crippen LogP contribution in [-0.2, 0) is 10.4 Å². The lowest BCUT2D eigenvalue weighted by Gasteiger charge is -2.24. The van der Waals surface area contributed by atoms with Gasteiger partial charge in [0.2, 0.25) is 5.91 Å². The van der Waals surface area contributed by atoms with E-state index in [2.05, 4.69) is 12.2 Å². The zero-order valence-corrected chi connectivity index (χ0v) is 11.8. The van der Waals surface area contributed by atoms with Crippen molar-refractivity contribution in [2.45, 2.75) is 45.1 Å². The predicted octanol–water partition coefficient (Wildman–Crippen LogP) is 2.59. The van der Waals surface area contributed by atoms with Crippen LogP contribution in [0, 0.1) is 5.41 Å². The van der Waals surface area contributed by atoms with Gasteiger partial charge in [-0.25, -0.2) is 0 Å². The lowest BCUT2D eigenvalue weighted by Crippen LogP contribution is -2.35. The molecule has 0 aliphatic heterocycles. The van der Waals surface area contributed by atoms with Crippen molar-refractivity contribution in [1.29, 1.82) is 0 Å². The van der Waals surface area contributed by atoms with Crippen molar-refractivity contribution in [3.8, 4) is 0 Å². The quantitative estimate of drug-likeness (QED) is 0.827. The fraction of sp³-hybridized carbons (Fsp3) is 0.562. The van der Waals surface area contributed by atoms with E-state index >= 15 is 0 Å². The second-order valence-corrected chi connectivity index (χ2v) is 5.95. The van der Waals surface area contributed by atoms with Gasteiger partial charge in [-0.3, -0.25) is 4.79 Å². The van der Waals surface area contributed by atoms with Gasteiger partial charge in [0.1, 0.15) is 0 Å². The van der Waals surface area contributed by atoms with Crippen LogP contribution in [0.4, 0.5) is 0 Å². The molecule has 3 heteroatoms. The highest BCUT2D eigenvalue weighted by Gasteiger charge is 2.40. The number of nitrogens with one attached hydrogen (secondary N) is 1. The summed E-state index contributed by atoms with van der Waals surface area (Å²) in [6.07, 6.45) is 3.64. The van der Waals surface area contributed by atoms with Crippen molar-refractivity contribution in [3.63, 3.8) is 0 Å². The Kier molecular flexibility index (Phi) is 3.95. The monoisotopic (exact) mass is 261 g/mol. The van der Waals surface area contributed by atoms with Gasteiger partial charge >= 0.3 is 0 Å². The van der Waals surface area contributed by atoms with E-state index in [-0.39, 0.29) is 12.3 Å². The Morgan fingerprint density at radius 3 is 2.53 bits per heavy atom. The number of hydrogen-bond donors (Lipinski definition) is 2. The molecule has 2 rings (SSSR count). The zero-order chi connectivity index (χ0) is 13.9. The fourth-order valence-corrected chi connectivity index (χ4v) is 2.39. The van der Waals surface area contributed by atoms with Crippen molar-refractivity contribution in [3.05, 3.63) is 35.9 Å².